The summed E-state index contributed by atoms with van der Waals surface area (Å²) in [6.07, 6.45) is 2.92. The Balaban J connectivity index is 2.68. The highest BCUT2D eigenvalue weighted by atomic mass is 32.1. The molecule has 2 heterocycles. The Morgan fingerprint density at radius 3 is 2.92 bits per heavy atom. The first kappa shape index (κ1) is 8.12. The van der Waals surface area contributed by atoms with Crippen molar-refractivity contribution in [2.24, 2.45) is 5.73 Å². The highest BCUT2D eigenvalue weighted by molar-refractivity contribution is 7.80. The molecule has 0 unspecified atom stereocenters. The van der Waals surface area contributed by atoms with Gasteiger partial charge in [0.1, 0.15) is 22.1 Å². The highest BCUT2D eigenvalue weighted by Gasteiger charge is 2.03. The molecule has 0 fully saturated rings. The quantitative estimate of drug-likeness (QED) is 0.693. The third-order valence-corrected chi connectivity index (χ3v) is 1.88. The number of rotatable bonds is 1. The Kier molecular flexibility index (Phi) is 1.73. The Labute approximate surface area is 79.0 Å². The van der Waals surface area contributed by atoms with Crippen LogP contribution in [-0.2, 0) is 0 Å². The molecule has 0 saturated heterocycles. The number of thiocarbonyl (C=S) groups is 1. The molecule has 3 nitrogen and oxygen atoms in total. The van der Waals surface area contributed by atoms with Gasteiger partial charge in [-0.05, 0) is 12.1 Å². The van der Waals surface area contributed by atoms with E-state index in [4.69, 9.17) is 18.0 Å². The van der Waals surface area contributed by atoms with Gasteiger partial charge in [-0.15, -0.1) is 0 Å². The van der Waals surface area contributed by atoms with Crippen LogP contribution in [0.2, 0.25) is 0 Å². The van der Waals surface area contributed by atoms with E-state index in [0.717, 1.165) is 0 Å². The Morgan fingerprint density at radius 2 is 2.23 bits per heavy atom. The van der Waals surface area contributed by atoms with Crippen molar-refractivity contribution in [1.82, 2.24) is 9.38 Å². The van der Waals surface area contributed by atoms with E-state index in [-0.39, 0.29) is 10.8 Å². The molecule has 2 rings (SSSR count). The fourth-order valence-corrected chi connectivity index (χ4v) is 1.18. The minimum Gasteiger partial charge on any atom is -0.388 e. The van der Waals surface area contributed by atoms with Gasteiger partial charge in [-0.3, -0.25) is 0 Å². The number of halogens is 1. The van der Waals surface area contributed by atoms with Crippen molar-refractivity contribution < 1.29 is 4.39 Å². The van der Waals surface area contributed by atoms with Gasteiger partial charge in [0.05, 0.1) is 0 Å². The predicted octanol–water partition coefficient (Wildman–Crippen LogP) is 1.11. The average molecular weight is 195 g/mol. The maximum Gasteiger partial charge on any atom is 0.139 e. The first-order chi connectivity index (χ1) is 6.16. The van der Waals surface area contributed by atoms with Crippen LogP contribution in [0.3, 0.4) is 0 Å². The van der Waals surface area contributed by atoms with E-state index in [1.54, 1.807) is 16.7 Å². The molecule has 0 aliphatic rings. The zero-order valence-electron chi connectivity index (χ0n) is 6.57. The van der Waals surface area contributed by atoms with Crippen LogP contribution in [-0.4, -0.2) is 14.4 Å². The molecule has 5 heteroatoms. The van der Waals surface area contributed by atoms with Crippen LogP contribution in [0, 0.1) is 5.82 Å². The fraction of sp³-hybridized carbons (Fsp3) is 0. The molecule has 0 aromatic carbocycles. The van der Waals surface area contributed by atoms with Crippen LogP contribution in [0.25, 0.3) is 5.65 Å². The zero-order valence-corrected chi connectivity index (χ0v) is 7.38. The summed E-state index contributed by atoms with van der Waals surface area (Å²) in [6, 6.07) is 2.91. The first-order valence-electron chi connectivity index (χ1n) is 3.61. The lowest BCUT2D eigenvalue weighted by atomic mass is 10.5. The summed E-state index contributed by atoms with van der Waals surface area (Å²) in [5.74, 6) is -0.320. The summed E-state index contributed by atoms with van der Waals surface area (Å²) < 4.78 is 14.3. The molecule has 13 heavy (non-hydrogen) atoms. The summed E-state index contributed by atoms with van der Waals surface area (Å²) >= 11 is 4.74. The van der Waals surface area contributed by atoms with Crippen LogP contribution in [0.15, 0.2) is 24.5 Å². The number of pyridine rings is 1. The number of fused-ring (bicyclic) bond motifs is 1. The Bertz CT molecular complexity index is 477. The lowest BCUT2D eigenvalue weighted by Crippen LogP contribution is -2.09. The fourth-order valence-electron chi connectivity index (χ4n) is 1.08. The highest BCUT2D eigenvalue weighted by Crippen LogP contribution is 2.06. The monoisotopic (exact) mass is 195 g/mol. The number of hydrogen-bond donors (Lipinski definition) is 1. The van der Waals surface area contributed by atoms with Crippen molar-refractivity contribution >= 4 is 22.9 Å². The number of hydrogen-bond acceptors (Lipinski definition) is 2. The lowest BCUT2D eigenvalue weighted by molar-refractivity contribution is 0.619. The summed E-state index contributed by atoms with van der Waals surface area (Å²) in [7, 11) is 0. The summed E-state index contributed by atoms with van der Waals surface area (Å²) in [5, 5.41) is 0. The van der Waals surface area contributed by atoms with Crippen molar-refractivity contribution in [1.29, 1.82) is 0 Å². The maximum atomic E-state index is 12.7. The molecule has 0 spiro atoms. The van der Waals surface area contributed by atoms with Crippen LogP contribution >= 0.6 is 12.2 Å². The summed E-state index contributed by atoms with van der Waals surface area (Å²) in [5.41, 5.74) is 6.51. The second-order valence-corrected chi connectivity index (χ2v) is 3.04. The van der Waals surface area contributed by atoms with Crippen LogP contribution in [0.4, 0.5) is 4.39 Å². The largest absolute Gasteiger partial charge is 0.388 e. The minimum atomic E-state index is -0.320. The van der Waals surface area contributed by atoms with Crippen LogP contribution in [0.1, 0.15) is 5.69 Å². The smallest absolute Gasteiger partial charge is 0.139 e. The third-order valence-electron chi connectivity index (χ3n) is 1.67. The second kappa shape index (κ2) is 2.77. The molecule has 0 aliphatic heterocycles. The average Bonchev–Trinajstić information content (AvgIpc) is 2.46. The number of imidazole rings is 1. The third kappa shape index (κ3) is 1.38. The molecule has 0 atom stereocenters. The van der Waals surface area contributed by atoms with E-state index in [1.807, 2.05) is 0 Å². The van der Waals surface area contributed by atoms with Crippen molar-refractivity contribution in [3.05, 3.63) is 36.0 Å². The molecule has 0 aliphatic carbocycles. The standard InChI is InChI=1S/C8H6FN3S/c9-5-1-2-7-11-6(8(10)13)4-12(7)3-5/h1-4H,(H2,10,13). The SMILES string of the molecule is NC(=S)c1cn2cc(F)ccc2n1. The van der Waals surface area contributed by atoms with Crippen LogP contribution in [0.5, 0.6) is 0 Å². The lowest BCUT2D eigenvalue weighted by Gasteiger charge is -1.90. The molecule has 66 valence electrons. The van der Waals surface area contributed by atoms with E-state index in [1.165, 1.54) is 12.3 Å². The normalized spacial score (nSPS) is 10.5. The van der Waals surface area contributed by atoms with E-state index >= 15 is 0 Å². The van der Waals surface area contributed by atoms with Crippen molar-refractivity contribution in [3.63, 3.8) is 0 Å². The van der Waals surface area contributed by atoms with Crippen LogP contribution < -0.4 is 5.73 Å². The van der Waals surface area contributed by atoms with Gasteiger partial charge in [-0.25, -0.2) is 9.37 Å². The molecule has 2 N–H and O–H groups in total. The maximum absolute atomic E-state index is 12.7. The van der Waals surface area contributed by atoms with Gasteiger partial charge in [-0.2, -0.15) is 0 Å². The first-order valence-corrected chi connectivity index (χ1v) is 4.02. The number of aromatic nitrogens is 2. The molecule has 0 radical (unpaired) electrons. The van der Waals surface area contributed by atoms with E-state index < -0.39 is 0 Å². The molecule has 0 bridgehead atoms. The van der Waals surface area contributed by atoms with E-state index in [2.05, 4.69) is 4.98 Å². The zero-order chi connectivity index (χ0) is 9.42. The Hall–Kier alpha value is -1.49. The van der Waals surface area contributed by atoms with Crippen molar-refractivity contribution in [2.75, 3.05) is 0 Å². The molecular weight excluding hydrogens is 189 g/mol. The van der Waals surface area contributed by atoms with Gasteiger partial charge in [0.2, 0.25) is 0 Å². The van der Waals surface area contributed by atoms with Gasteiger partial charge >= 0.3 is 0 Å². The number of nitrogens with zero attached hydrogens (tertiary/aromatic N) is 2. The number of nitrogens with two attached hydrogens (primary N) is 1. The van der Waals surface area contributed by atoms with E-state index in [0.29, 0.717) is 11.3 Å². The second-order valence-electron chi connectivity index (χ2n) is 2.60. The van der Waals surface area contributed by atoms with Crippen molar-refractivity contribution in [3.8, 4) is 0 Å². The molecule has 2 aromatic rings. The van der Waals surface area contributed by atoms with Crippen molar-refractivity contribution in [2.45, 2.75) is 0 Å². The van der Waals surface area contributed by atoms with Gasteiger partial charge < -0.3 is 10.1 Å². The molecule has 0 amide bonds. The van der Waals surface area contributed by atoms with Gasteiger partial charge in [-0.1, -0.05) is 12.2 Å². The van der Waals surface area contributed by atoms with E-state index in [9.17, 15) is 4.39 Å². The summed E-state index contributed by atoms with van der Waals surface area (Å²) in [4.78, 5) is 4.30. The van der Waals surface area contributed by atoms with Gasteiger partial charge in [0.25, 0.3) is 0 Å². The predicted molar refractivity (Wildman–Crippen MR) is 51.0 cm³/mol. The molecule has 2 aromatic heterocycles. The Morgan fingerprint density at radius 1 is 1.46 bits per heavy atom. The minimum absolute atomic E-state index is 0.212. The van der Waals surface area contributed by atoms with Gasteiger partial charge in [0.15, 0.2) is 0 Å². The molecule has 0 saturated carbocycles. The van der Waals surface area contributed by atoms with Gasteiger partial charge in [0, 0.05) is 12.4 Å². The molecular formula is C8H6FN3S. The summed E-state index contributed by atoms with van der Waals surface area (Å²) in [6.45, 7) is 0. The topological polar surface area (TPSA) is 43.3 Å².